The molecule has 0 aromatic rings. The van der Waals surface area contributed by atoms with Gasteiger partial charge in [-0.3, -0.25) is 0 Å². The van der Waals surface area contributed by atoms with Crippen molar-refractivity contribution in [1.82, 2.24) is 0 Å². The molecule has 0 aromatic heterocycles. The molecule has 0 spiro atoms. The molecule has 0 saturated heterocycles. The standard InChI is InChI=1S/Mn.Ni.H3P.Si/h;;1H3;. The van der Waals surface area contributed by atoms with E-state index in [0.717, 1.165) is 0 Å². The van der Waals surface area contributed by atoms with Crippen LogP contribution in [0.25, 0.3) is 0 Å². The quantitative estimate of drug-likeness (QED) is 0.350. The van der Waals surface area contributed by atoms with E-state index in [1.165, 1.54) is 0 Å². The van der Waals surface area contributed by atoms with Gasteiger partial charge in [-0.1, -0.05) is 0 Å². The van der Waals surface area contributed by atoms with Crippen LogP contribution in [0.4, 0.5) is 0 Å². The van der Waals surface area contributed by atoms with Gasteiger partial charge in [0.05, 0.1) is 0 Å². The Morgan fingerprint density at radius 3 is 1.00 bits per heavy atom. The van der Waals surface area contributed by atoms with E-state index >= 15 is 0 Å². The molecule has 0 saturated carbocycles. The second-order valence-electron chi connectivity index (χ2n) is 0. The van der Waals surface area contributed by atoms with Gasteiger partial charge >= 0.3 is 0 Å². The predicted molar refractivity (Wildman–Crippen MR) is 16.9 cm³/mol. The fraction of sp³-hybridized carbons (Fsp3) is 0. The van der Waals surface area contributed by atoms with Gasteiger partial charge in [0, 0.05) is 44.5 Å². The summed E-state index contributed by atoms with van der Waals surface area (Å²) in [5.41, 5.74) is 0. The van der Waals surface area contributed by atoms with Crippen LogP contribution in [0.3, 0.4) is 0 Å². The molecule has 0 aromatic carbocycles. The number of rotatable bonds is 0. The van der Waals surface area contributed by atoms with Crippen LogP contribution < -0.4 is 0 Å². The van der Waals surface area contributed by atoms with Crippen molar-refractivity contribution in [2.75, 3.05) is 0 Å². The van der Waals surface area contributed by atoms with Gasteiger partial charge in [0.25, 0.3) is 0 Å². The zero-order chi connectivity index (χ0) is 0. The van der Waals surface area contributed by atoms with Gasteiger partial charge in [0.2, 0.25) is 0 Å². The van der Waals surface area contributed by atoms with E-state index < -0.39 is 0 Å². The Morgan fingerprint density at radius 1 is 1.00 bits per heavy atom. The van der Waals surface area contributed by atoms with Gasteiger partial charge in [-0.2, -0.15) is 9.90 Å². The van der Waals surface area contributed by atoms with Gasteiger partial charge in [-0.05, 0) is 0 Å². The minimum Gasteiger partial charge on any atom is -0.153 e. The molecule has 0 heterocycles. The van der Waals surface area contributed by atoms with E-state index in [1.807, 2.05) is 0 Å². The largest absolute Gasteiger partial charge is 0.153 e. The molecule has 0 aliphatic carbocycles. The smallest absolute Gasteiger partial charge is 0 e. The fourth-order valence-corrected chi connectivity index (χ4v) is 0. The van der Waals surface area contributed by atoms with Crippen molar-refractivity contribution < 1.29 is 33.6 Å². The molecule has 29 valence electrons. The zero-order valence-electron chi connectivity index (χ0n) is 1.90. The summed E-state index contributed by atoms with van der Waals surface area (Å²) in [5, 5.41) is 0. The molecule has 5 radical (unpaired) electrons. The Bertz CT molecular complexity index is 8.00. The first kappa shape index (κ1) is 44.6. The van der Waals surface area contributed by atoms with Gasteiger partial charge in [-0.25, -0.2) is 0 Å². The number of hydrogen-bond donors (Lipinski definition) is 0. The molecule has 0 fully saturated rings. The van der Waals surface area contributed by atoms with Gasteiger partial charge in [0.15, 0.2) is 0 Å². The topological polar surface area (TPSA) is 0 Å². The SMILES string of the molecule is P.[Mn].[Ni].[Si]. The first-order valence-electron chi connectivity index (χ1n) is 0. The Labute approximate surface area is 54.5 Å². The molecule has 0 aliphatic heterocycles. The van der Waals surface area contributed by atoms with Crippen LogP contribution in [0, 0.1) is 0 Å². The summed E-state index contributed by atoms with van der Waals surface area (Å²) in [4.78, 5) is 0. The van der Waals surface area contributed by atoms with Gasteiger partial charge < -0.3 is 0 Å². The summed E-state index contributed by atoms with van der Waals surface area (Å²) in [6.07, 6.45) is 0. The van der Waals surface area contributed by atoms with E-state index in [4.69, 9.17) is 0 Å². The Hall–Kier alpha value is 1.66. The second kappa shape index (κ2) is 22.7. The molecular weight excluding hydrogens is 173 g/mol. The summed E-state index contributed by atoms with van der Waals surface area (Å²) >= 11 is 0. The van der Waals surface area contributed by atoms with Crippen molar-refractivity contribution >= 4 is 20.9 Å². The molecule has 0 N–H and O–H groups in total. The van der Waals surface area contributed by atoms with Crippen molar-refractivity contribution in [1.29, 1.82) is 0 Å². The van der Waals surface area contributed by atoms with E-state index in [1.54, 1.807) is 0 Å². The molecule has 0 aliphatic rings. The van der Waals surface area contributed by atoms with Crippen LogP contribution in [-0.2, 0) is 33.6 Å². The third-order valence-corrected chi connectivity index (χ3v) is 0. The summed E-state index contributed by atoms with van der Waals surface area (Å²) in [7, 11) is 0. The minimum atomic E-state index is 0. The van der Waals surface area contributed by atoms with Crippen molar-refractivity contribution in [2.45, 2.75) is 0 Å². The Morgan fingerprint density at radius 2 is 1.00 bits per heavy atom. The average Bonchev–Trinajstić information content (AvgIpc) is 0. The maximum atomic E-state index is 0. The summed E-state index contributed by atoms with van der Waals surface area (Å²) in [5.74, 6) is 0. The van der Waals surface area contributed by atoms with Crippen LogP contribution in [0.15, 0.2) is 0 Å². The summed E-state index contributed by atoms with van der Waals surface area (Å²) < 4.78 is 0. The van der Waals surface area contributed by atoms with Gasteiger partial charge in [-0.15, -0.1) is 0 Å². The molecule has 0 bridgehead atoms. The first-order chi connectivity index (χ1) is 0. The van der Waals surface area contributed by atoms with Crippen molar-refractivity contribution in [3.63, 3.8) is 0 Å². The third-order valence-electron chi connectivity index (χ3n) is 0. The Balaban J connectivity index is 0. The van der Waals surface area contributed by atoms with E-state index in [0.29, 0.717) is 0 Å². The number of hydrogen-bond acceptors (Lipinski definition) is 0. The molecule has 1 atom stereocenters. The van der Waals surface area contributed by atoms with Crippen LogP contribution in [-0.4, -0.2) is 11.0 Å². The van der Waals surface area contributed by atoms with E-state index in [-0.39, 0.29) is 54.4 Å². The molecule has 0 nitrogen and oxygen atoms in total. The van der Waals surface area contributed by atoms with E-state index in [9.17, 15) is 0 Å². The van der Waals surface area contributed by atoms with Gasteiger partial charge in [0.1, 0.15) is 0 Å². The van der Waals surface area contributed by atoms with Crippen LogP contribution >= 0.6 is 9.90 Å². The summed E-state index contributed by atoms with van der Waals surface area (Å²) in [6, 6.07) is 0. The predicted octanol–water partition coefficient (Wildman–Crippen LogP) is -0.328. The maximum absolute atomic E-state index is 0. The van der Waals surface area contributed by atoms with E-state index in [2.05, 4.69) is 0 Å². The Kier molecular flexibility index (Phi) is 253. The summed E-state index contributed by atoms with van der Waals surface area (Å²) in [6.45, 7) is 0. The first-order valence-corrected chi connectivity index (χ1v) is 0. The average molecular weight is 176 g/mol. The molecule has 4 heteroatoms. The molecule has 0 rings (SSSR count). The van der Waals surface area contributed by atoms with Crippen LogP contribution in [0.2, 0.25) is 0 Å². The van der Waals surface area contributed by atoms with Crippen LogP contribution in [0.1, 0.15) is 0 Å². The third kappa shape index (κ3) is 9.40. The van der Waals surface area contributed by atoms with Crippen LogP contribution in [0.5, 0.6) is 0 Å². The molecular formula is H3MnNiPSi. The maximum Gasteiger partial charge on any atom is 0 e. The van der Waals surface area contributed by atoms with Crippen molar-refractivity contribution in [2.24, 2.45) is 0 Å². The van der Waals surface area contributed by atoms with Crippen molar-refractivity contribution in [3.05, 3.63) is 0 Å². The fourth-order valence-electron chi connectivity index (χ4n) is 0. The normalized spacial score (nSPS) is 0. The zero-order valence-corrected chi connectivity index (χ0v) is 6.48. The van der Waals surface area contributed by atoms with Crippen molar-refractivity contribution in [3.8, 4) is 0 Å². The minimum absolute atomic E-state index is 0. The second-order valence-corrected chi connectivity index (χ2v) is 0. The monoisotopic (exact) mass is 175 g/mol. The molecule has 0 amide bonds. The molecule has 4 heavy (non-hydrogen) atoms. The molecule has 1 unspecified atom stereocenters.